The van der Waals surface area contributed by atoms with Crippen molar-refractivity contribution in [1.82, 2.24) is 0 Å². The van der Waals surface area contributed by atoms with Crippen LogP contribution in [0.4, 0.5) is 0 Å². The topological polar surface area (TPSA) is 72.8 Å². The van der Waals surface area contributed by atoms with Gasteiger partial charge in [-0.15, -0.1) is 0 Å². The first-order valence-electron chi connectivity index (χ1n) is 10.1. The maximum atomic E-state index is 13.6. The summed E-state index contributed by atoms with van der Waals surface area (Å²) in [7, 11) is -0.637. The van der Waals surface area contributed by atoms with Crippen LogP contribution < -0.4 is 0 Å². The maximum absolute atomic E-state index is 13.6. The molecule has 1 saturated heterocycles. The normalized spacial score (nSPS) is 38.6. The predicted molar refractivity (Wildman–Crippen MR) is 106 cm³/mol. The van der Waals surface area contributed by atoms with E-state index < -0.39 is 35.3 Å². The molecule has 0 unspecified atom stereocenters. The second-order valence-electron chi connectivity index (χ2n) is 9.88. The van der Waals surface area contributed by atoms with E-state index in [9.17, 15) is 14.7 Å². The van der Waals surface area contributed by atoms with Gasteiger partial charge in [-0.25, -0.2) is 0 Å². The number of carbonyl (C=O) groups is 2. The van der Waals surface area contributed by atoms with Crippen molar-refractivity contribution in [3.05, 3.63) is 35.9 Å². The quantitative estimate of drug-likeness (QED) is 0.638. The van der Waals surface area contributed by atoms with Crippen LogP contribution in [0.2, 0.25) is 5.82 Å². The molecule has 4 rings (SSSR count). The number of benzene rings is 1. The Bertz CT molecular complexity index is 803. The van der Waals surface area contributed by atoms with Gasteiger partial charge >= 0.3 is 7.12 Å². The molecule has 2 aliphatic carbocycles. The van der Waals surface area contributed by atoms with Crippen molar-refractivity contribution in [3.63, 3.8) is 0 Å². The summed E-state index contributed by atoms with van der Waals surface area (Å²) < 4.78 is 12.5. The minimum Gasteiger partial charge on any atom is -0.403 e. The third-order valence-electron chi connectivity index (χ3n) is 7.85. The zero-order valence-electron chi connectivity index (χ0n) is 17.3. The predicted octanol–water partition coefficient (Wildman–Crippen LogP) is 3.45. The lowest BCUT2D eigenvalue weighted by Gasteiger charge is -2.35. The van der Waals surface area contributed by atoms with Crippen LogP contribution in [0.1, 0.15) is 64.2 Å². The number of rotatable bonds is 3. The zero-order chi connectivity index (χ0) is 20.5. The fourth-order valence-electron chi connectivity index (χ4n) is 5.34. The van der Waals surface area contributed by atoms with Crippen molar-refractivity contribution < 1.29 is 24.0 Å². The maximum Gasteiger partial charge on any atom is 0.462 e. The van der Waals surface area contributed by atoms with E-state index in [4.69, 9.17) is 9.31 Å². The lowest BCUT2D eigenvalue weighted by Crippen LogP contribution is -2.48. The molecule has 1 heterocycles. The number of carbonyl (C=O) groups excluding carboxylic acids is 2. The van der Waals surface area contributed by atoms with Crippen LogP contribution in [-0.4, -0.2) is 40.6 Å². The Morgan fingerprint density at radius 3 is 2.21 bits per heavy atom. The molecule has 1 N–H and O–H groups in total. The summed E-state index contributed by atoms with van der Waals surface area (Å²) >= 11 is 0. The molecular formula is C22H29BO5. The monoisotopic (exact) mass is 384 g/mol. The van der Waals surface area contributed by atoms with Gasteiger partial charge in [-0.3, -0.25) is 9.59 Å². The van der Waals surface area contributed by atoms with Crippen LogP contribution in [0.3, 0.4) is 0 Å². The lowest BCUT2D eigenvalue weighted by atomic mass is 9.62. The Labute approximate surface area is 166 Å². The Morgan fingerprint density at radius 2 is 1.64 bits per heavy atom. The first-order valence-corrected chi connectivity index (χ1v) is 10.1. The van der Waals surface area contributed by atoms with Crippen LogP contribution in [0, 0.1) is 11.3 Å². The van der Waals surface area contributed by atoms with Gasteiger partial charge in [0, 0.05) is 17.8 Å². The fraction of sp³-hybridized carbons (Fsp3) is 0.636. The van der Waals surface area contributed by atoms with E-state index in [1.807, 2.05) is 45.9 Å². The molecule has 0 radical (unpaired) electrons. The van der Waals surface area contributed by atoms with Gasteiger partial charge in [0.25, 0.3) is 0 Å². The number of hydrogen-bond acceptors (Lipinski definition) is 5. The molecular weight excluding hydrogens is 355 g/mol. The Balaban J connectivity index is 1.77. The molecule has 150 valence electrons. The van der Waals surface area contributed by atoms with E-state index in [-0.39, 0.29) is 17.4 Å². The summed E-state index contributed by atoms with van der Waals surface area (Å²) in [6.45, 7) is 9.69. The molecule has 4 atom stereocenters. The van der Waals surface area contributed by atoms with Gasteiger partial charge in [-0.1, -0.05) is 30.3 Å². The van der Waals surface area contributed by atoms with Gasteiger partial charge in [0.15, 0.2) is 5.78 Å². The van der Waals surface area contributed by atoms with Crippen molar-refractivity contribution in [1.29, 1.82) is 0 Å². The highest BCUT2D eigenvalue weighted by molar-refractivity contribution is 6.48. The van der Waals surface area contributed by atoms with E-state index >= 15 is 0 Å². The van der Waals surface area contributed by atoms with Crippen LogP contribution >= 0.6 is 0 Å². The first kappa shape index (κ1) is 19.8. The Hall–Kier alpha value is -1.50. The zero-order valence-corrected chi connectivity index (χ0v) is 17.3. The van der Waals surface area contributed by atoms with Crippen molar-refractivity contribution in [2.75, 3.05) is 0 Å². The minimum atomic E-state index is -1.37. The summed E-state index contributed by atoms with van der Waals surface area (Å²) in [5.41, 5.74) is -2.85. The van der Waals surface area contributed by atoms with E-state index in [1.54, 1.807) is 19.1 Å². The Kier molecular flexibility index (Phi) is 4.25. The second kappa shape index (κ2) is 6.00. The number of aliphatic hydroxyl groups is 1. The van der Waals surface area contributed by atoms with Gasteiger partial charge in [0.1, 0.15) is 5.78 Å². The Morgan fingerprint density at radius 1 is 1.07 bits per heavy atom. The van der Waals surface area contributed by atoms with Crippen LogP contribution in [0.15, 0.2) is 30.3 Å². The van der Waals surface area contributed by atoms with Crippen molar-refractivity contribution in [2.24, 2.45) is 11.3 Å². The molecule has 28 heavy (non-hydrogen) atoms. The van der Waals surface area contributed by atoms with E-state index in [2.05, 4.69) is 0 Å². The minimum absolute atomic E-state index is 0.0277. The third kappa shape index (κ3) is 2.51. The summed E-state index contributed by atoms with van der Waals surface area (Å²) in [5, 5.41) is 11.7. The largest absolute Gasteiger partial charge is 0.462 e. The molecule has 3 fully saturated rings. The van der Waals surface area contributed by atoms with Gasteiger partial charge < -0.3 is 14.4 Å². The molecule has 5 nitrogen and oxygen atoms in total. The van der Waals surface area contributed by atoms with Crippen molar-refractivity contribution in [3.8, 4) is 0 Å². The van der Waals surface area contributed by atoms with Crippen LogP contribution in [-0.2, 0) is 14.1 Å². The molecule has 0 aromatic heterocycles. The molecule has 3 aliphatic rings. The number of Topliss-reactive ketones (excluding diaryl/α,β-unsaturated/α-hetero) is 2. The molecule has 1 aromatic rings. The van der Waals surface area contributed by atoms with E-state index in [0.29, 0.717) is 24.8 Å². The van der Waals surface area contributed by atoms with Gasteiger partial charge in [-0.05, 0) is 47.5 Å². The highest BCUT2D eigenvalue weighted by atomic mass is 16.7. The summed E-state index contributed by atoms with van der Waals surface area (Å²) in [4.78, 5) is 26.3. The molecule has 0 spiro atoms. The standard InChI is InChI=1S/C22H29BO5/c1-19(2)20(3,4)28-23(27-19)15-13-21(5)16(24)11-12-22(21,26)17(15)18(25)14-9-7-6-8-10-14/h6-10,15,17,26H,11-13H2,1-5H3/t15-,17-,21-,22+/m1/s1. The lowest BCUT2D eigenvalue weighted by molar-refractivity contribution is -0.133. The summed E-state index contributed by atoms with van der Waals surface area (Å²) in [6.07, 6.45) is 1.01. The molecule has 1 aliphatic heterocycles. The highest BCUT2D eigenvalue weighted by Gasteiger charge is 2.72. The molecule has 0 amide bonds. The van der Waals surface area contributed by atoms with Crippen LogP contribution in [0.5, 0.6) is 0 Å². The summed E-state index contributed by atoms with van der Waals surface area (Å²) in [6, 6.07) is 9.01. The van der Waals surface area contributed by atoms with Crippen molar-refractivity contribution >= 4 is 18.7 Å². The molecule has 6 heteroatoms. The average molecular weight is 384 g/mol. The fourth-order valence-corrected chi connectivity index (χ4v) is 5.34. The molecule has 2 saturated carbocycles. The number of hydrogen-bond donors (Lipinski definition) is 1. The van der Waals surface area contributed by atoms with Crippen LogP contribution in [0.25, 0.3) is 0 Å². The molecule has 1 aromatic carbocycles. The highest BCUT2D eigenvalue weighted by Crippen LogP contribution is 2.64. The second-order valence-corrected chi connectivity index (χ2v) is 9.88. The van der Waals surface area contributed by atoms with Crippen molar-refractivity contribution in [2.45, 2.75) is 76.5 Å². The van der Waals surface area contributed by atoms with Gasteiger partial charge in [0.05, 0.1) is 28.1 Å². The average Bonchev–Trinajstić information content (AvgIpc) is 3.10. The van der Waals surface area contributed by atoms with E-state index in [1.165, 1.54) is 0 Å². The van der Waals surface area contributed by atoms with E-state index in [0.717, 1.165) is 0 Å². The third-order valence-corrected chi connectivity index (χ3v) is 7.85. The number of ketones is 2. The first-order chi connectivity index (χ1) is 12.9. The summed E-state index contributed by atoms with van der Waals surface area (Å²) in [5.74, 6) is -1.23. The smallest absolute Gasteiger partial charge is 0.403 e. The SMILES string of the molecule is CC1(C)OB([C@@H]2C[C@]3(C)C(=O)CC[C@]3(O)[C@H]2C(=O)c2ccccc2)OC1(C)C. The van der Waals surface area contributed by atoms with Gasteiger partial charge in [0.2, 0.25) is 0 Å². The van der Waals surface area contributed by atoms with Gasteiger partial charge in [-0.2, -0.15) is 0 Å². The number of fused-ring (bicyclic) bond motifs is 1. The molecule has 0 bridgehead atoms.